The first kappa shape index (κ1) is 35.5. The van der Waals surface area contributed by atoms with Gasteiger partial charge in [-0.2, -0.15) is 0 Å². The van der Waals surface area contributed by atoms with Gasteiger partial charge in [0, 0.05) is 53.9 Å². The molecule has 4 N–H and O–H groups in total. The van der Waals surface area contributed by atoms with Crippen molar-refractivity contribution in [3.8, 4) is 23.0 Å². The fourth-order valence-electron chi connectivity index (χ4n) is 6.06. The Bertz CT molecular complexity index is 1830. The zero-order chi connectivity index (χ0) is 36.6. The van der Waals surface area contributed by atoms with Crippen LogP contribution in [0.25, 0.3) is 0 Å². The third kappa shape index (κ3) is 6.77. The minimum absolute atomic E-state index is 0.0523. The van der Waals surface area contributed by atoms with Gasteiger partial charge in [0.25, 0.3) is 5.91 Å². The number of nitrogens with one attached hydrogen (secondary N) is 2. The zero-order valence-electron chi connectivity index (χ0n) is 28.4. The normalized spacial score (nSPS) is 19.5. The Balaban J connectivity index is 1.27. The molecule has 0 aliphatic carbocycles. The Morgan fingerprint density at radius 2 is 1.41 bits per heavy atom. The highest BCUT2D eigenvalue weighted by atomic mass is 16.6. The van der Waals surface area contributed by atoms with Crippen LogP contribution in [0.3, 0.4) is 0 Å². The average Bonchev–Trinajstić information content (AvgIpc) is 3.62. The number of aliphatic hydroxyl groups is 2. The second-order valence-electron chi connectivity index (χ2n) is 13.1. The third-order valence-electron chi connectivity index (χ3n) is 8.80. The van der Waals surface area contributed by atoms with Crippen LogP contribution in [0.4, 0.5) is 0 Å². The molecule has 0 saturated carbocycles. The van der Waals surface area contributed by atoms with Crippen molar-refractivity contribution in [2.24, 2.45) is 11.8 Å². The number of hydrogen-bond acceptors (Lipinski definition) is 12. The Morgan fingerprint density at radius 1 is 0.843 bits per heavy atom. The fourth-order valence-corrected chi connectivity index (χ4v) is 6.06. The predicted molar refractivity (Wildman–Crippen MR) is 177 cm³/mol. The van der Waals surface area contributed by atoms with E-state index in [0.29, 0.717) is 16.7 Å². The van der Waals surface area contributed by atoms with Gasteiger partial charge in [-0.15, -0.1) is 0 Å². The molecule has 1 fully saturated rings. The molecule has 3 heterocycles. The summed E-state index contributed by atoms with van der Waals surface area (Å²) in [4.78, 5) is 63.9. The van der Waals surface area contributed by atoms with E-state index in [4.69, 9.17) is 23.7 Å². The number of fused-ring (bicyclic) bond motifs is 6. The maximum absolute atomic E-state index is 13.6. The summed E-state index contributed by atoms with van der Waals surface area (Å²) < 4.78 is 28.9. The molecule has 0 aromatic heterocycles. The molecule has 2 amide bonds. The van der Waals surface area contributed by atoms with Crippen LogP contribution in [0.1, 0.15) is 71.5 Å². The molecule has 1 spiro atoms. The molecule has 0 bridgehead atoms. The summed E-state index contributed by atoms with van der Waals surface area (Å²) in [5, 5.41) is 24.4. The number of esters is 3. The number of hydrogen-bond donors (Lipinski definition) is 4. The van der Waals surface area contributed by atoms with E-state index in [0.717, 1.165) is 0 Å². The van der Waals surface area contributed by atoms with Gasteiger partial charge in [-0.3, -0.25) is 19.2 Å². The van der Waals surface area contributed by atoms with Gasteiger partial charge in [-0.05, 0) is 36.4 Å². The summed E-state index contributed by atoms with van der Waals surface area (Å²) in [5.41, 5.74) is 0.0877. The summed E-state index contributed by atoms with van der Waals surface area (Å²) in [6, 6.07) is 14.1. The van der Waals surface area contributed by atoms with E-state index in [2.05, 4.69) is 10.6 Å². The molecule has 14 heteroatoms. The molecule has 14 nitrogen and oxygen atoms in total. The highest BCUT2D eigenvalue weighted by Crippen LogP contribution is 2.57. The maximum atomic E-state index is 13.6. The first-order valence-electron chi connectivity index (χ1n) is 16.6. The van der Waals surface area contributed by atoms with Crippen molar-refractivity contribution in [1.82, 2.24) is 10.6 Å². The second kappa shape index (κ2) is 14.1. The summed E-state index contributed by atoms with van der Waals surface area (Å²) in [5.74, 6) is -2.46. The van der Waals surface area contributed by atoms with Gasteiger partial charge >= 0.3 is 17.9 Å². The van der Waals surface area contributed by atoms with Crippen molar-refractivity contribution < 1.29 is 57.9 Å². The quantitative estimate of drug-likeness (QED) is 0.137. The van der Waals surface area contributed by atoms with Crippen LogP contribution >= 0.6 is 0 Å². The van der Waals surface area contributed by atoms with Crippen molar-refractivity contribution in [1.29, 1.82) is 0 Å². The molecule has 6 rings (SSSR count). The minimum Gasteiger partial charge on any atom is -0.456 e. The van der Waals surface area contributed by atoms with Crippen molar-refractivity contribution >= 4 is 29.7 Å². The monoisotopic (exact) mass is 702 g/mol. The molecule has 3 aromatic carbocycles. The first-order valence-corrected chi connectivity index (χ1v) is 16.6. The van der Waals surface area contributed by atoms with E-state index in [1.165, 1.54) is 18.2 Å². The molecular formula is C37H38N2O12. The third-order valence-corrected chi connectivity index (χ3v) is 8.80. The lowest BCUT2D eigenvalue weighted by Crippen LogP contribution is -2.40. The van der Waals surface area contributed by atoms with Crippen LogP contribution in [0.15, 0.2) is 54.6 Å². The fraction of sp³-hybridized carbons (Fsp3) is 0.378. The Kier molecular flexibility index (Phi) is 9.84. The molecule has 3 atom stereocenters. The number of ether oxygens (including phenoxy) is 5. The van der Waals surface area contributed by atoms with Gasteiger partial charge in [-0.25, -0.2) is 4.79 Å². The molecule has 268 valence electrons. The van der Waals surface area contributed by atoms with Crippen molar-refractivity contribution in [2.45, 2.75) is 58.0 Å². The lowest BCUT2D eigenvalue weighted by molar-refractivity contribution is -0.138. The number of carbonyl (C=O) groups is 5. The van der Waals surface area contributed by atoms with E-state index >= 15 is 0 Å². The minimum atomic E-state index is -1.53. The standard InChI is InChI=1S/C37H38N2O12/c1-18(2)34(44)47-21-6-9-25-28(14-21)49-29-15-22(48-35(45)19(3)4)7-10-26(29)37(25)24-8-5-20(13-23(24)36(46)51-37)32(42)38-11-12-39-33(43)30-16-27(41)31(17-40)50-30/h5-10,13-15,18-19,27,30-31,40-41H,11-12,16-17H2,1-4H3,(H,38,42)(H,39,43)/t27-,30+,31+/m0/s1. The molecule has 3 aliphatic rings. The molecule has 0 radical (unpaired) electrons. The zero-order valence-corrected chi connectivity index (χ0v) is 28.4. The van der Waals surface area contributed by atoms with E-state index in [1.807, 2.05) is 0 Å². The Labute approximate surface area is 293 Å². The van der Waals surface area contributed by atoms with Crippen molar-refractivity contribution in [3.05, 3.63) is 82.4 Å². The van der Waals surface area contributed by atoms with Gasteiger partial charge < -0.3 is 44.5 Å². The number of rotatable bonds is 10. The number of carbonyl (C=O) groups excluding carboxylic acids is 5. The summed E-state index contributed by atoms with van der Waals surface area (Å²) in [6.45, 7) is 6.54. The highest BCUT2D eigenvalue weighted by molar-refractivity contribution is 6.01. The predicted octanol–water partition coefficient (Wildman–Crippen LogP) is 2.73. The van der Waals surface area contributed by atoms with Crippen LogP contribution in [0, 0.1) is 11.8 Å². The lowest BCUT2D eigenvalue weighted by Gasteiger charge is -2.36. The Morgan fingerprint density at radius 3 is 1.96 bits per heavy atom. The van der Waals surface area contributed by atoms with E-state index in [9.17, 15) is 34.2 Å². The summed E-state index contributed by atoms with van der Waals surface area (Å²) in [7, 11) is 0. The topological polar surface area (TPSA) is 196 Å². The van der Waals surface area contributed by atoms with Crippen LogP contribution < -0.4 is 24.8 Å². The van der Waals surface area contributed by atoms with Crippen molar-refractivity contribution in [3.63, 3.8) is 0 Å². The smallest absolute Gasteiger partial charge is 0.340 e. The lowest BCUT2D eigenvalue weighted by atomic mass is 9.77. The summed E-state index contributed by atoms with van der Waals surface area (Å²) >= 11 is 0. The van der Waals surface area contributed by atoms with Crippen LogP contribution in [0.5, 0.6) is 23.0 Å². The SMILES string of the molecule is CC(C)C(=O)Oc1ccc2c(c1)Oc1cc(OC(=O)C(C)C)ccc1C21OC(=O)c2cc(C(=O)NCCNC(=O)[C@H]3C[C@H](O)[C@@H](CO)O3)ccc21. The molecule has 1 saturated heterocycles. The van der Waals surface area contributed by atoms with Crippen molar-refractivity contribution in [2.75, 3.05) is 19.7 Å². The number of benzene rings is 3. The van der Waals surface area contributed by atoms with Gasteiger partial charge in [-0.1, -0.05) is 33.8 Å². The van der Waals surface area contributed by atoms with E-state index < -0.39 is 60.2 Å². The van der Waals surface area contributed by atoms with E-state index in [1.54, 1.807) is 64.1 Å². The van der Waals surface area contributed by atoms with Gasteiger partial charge in [0.1, 0.15) is 35.2 Å². The molecule has 3 aromatic rings. The van der Waals surface area contributed by atoms with Gasteiger partial charge in [0.15, 0.2) is 5.60 Å². The highest BCUT2D eigenvalue weighted by Gasteiger charge is 2.54. The van der Waals surface area contributed by atoms with Gasteiger partial charge in [0.2, 0.25) is 5.91 Å². The summed E-state index contributed by atoms with van der Waals surface area (Å²) in [6.07, 6.45) is -2.63. The molecule has 51 heavy (non-hydrogen) atoms. The van der Waals surface area contributed by atoms with Crippen LogP contribution in [0.2, 0.25) is 0 Å². The number of amides is 2. The first-order chi connectivity index (χ1) is 24.3. The second-order valence-corrected chi connectivity index (χ2v) is 13.1. The Hall–Kier alpha value is -5.31. The number of aliphatic hydroxyl groups excluding tert-OH is 2. The van der Waals surface area contributed by atoms with Gasteiger partial charge in [0.05, 0.1) is 30.1 Å². The largest absolute Gasteiger partial charge is 0.456 e. The van der Waals surface area contributed by atoms with Crippen LogP contribution in [-0.4, -0.2) is 77.9 Å². The van der Waals surface area contributed by atoms with E-state index in [-0.39, 0.29) is 65.5 Å². The molecular weight excluding hydrogens is 664 g/mol. The van der Waals surface area contributed by atoms with Crippen LogP contribution in [-0.2, 0) is 29.5 Å². The average molecular weight is 703 g/mol. The molecule has 0 unspecified atom stereocenters. The molecule has 3 aliphatic heterocycles. The maximum Gasteiger partial charge on any atom is 0.340 e.